The van der Waals surface area contributed by atoms with Crippen LogP contribution in [0.25, 0.3) is 0 Å². The second-order valence-electron chi connectivity index (χ2n) is 8.18. The van der Waals surface area contributed by atoms with E-state index in [-0.39, 0.29) is 23.6 Å². The minimum atomic E-state index is -0.471. The predicted molar refractivity (Wildman–Crippen MR) is 156 cm³/mol. The fraction of sp³-hybridized carbons (Fsp3) is 0.259. The van der Waals surface area contributed by atoms with E-state index in [1.807, 2.05) is 71.9 Å². The van der Waals surface area contributed by atoms with Gasteiger partial charge in [0.25, 0.3) is 0 Å². The van der Waals surface area contributed by atoms with Gasteiger partial charge in [0, 0.05) is 27.5 Å². The SMILES string of the molecule is Br.COc1ccc(OCCN2C=CN(C(Cl)C(OCc3ccc(Cl)cc3Cl)c3ccc(Cl)cc3)C2)cc1. The number of ether oxygens (including phenoxy) is 3. The summed E-state index contributed by atoms with van der Waals surface area (Å²) in [5, 5.41) is 1.77. The van der Waals surface area contributed by atoms with Gasteiger partial charge < -0.3 is 24.0 Å². The summed E-state index contributed by atoms with van der Waals surface area (Å²) in [5.41, 5.74) is 1.28. The van der Waals surface area contributed by atoms with Gasteiger partial charge in [0.1, 0.15) is 29.7 Å². The van der Waals surface area contributed by atoms with E-state index < -0.39 is 11.6 Å². The third kappa shape index (κ3) is 8.34. The van der Waals surface area contributed by atoms with Gasteiger partial charge >= 0.3 is 0 Å². The summed E-state index contributed by atoms with van der Waals surface area (Å²) in [7, 11) is 1.64. The molecule has 3 aromatic carbocycles. The van der Waals surface area contributed by atoms with E-state index in [4.69, 9.17) is 60.6 Å². The molecule has 5 nitrogen and oxygen atoms in total. The van der Waals surface area contributed by atoms with E-state index in [1.54, 1.807) is 19.2 Å². The molecule has 0 bridgehead atoms. The maximum Gasteiger partial charge on any atom is 0.135 e. The van der Waals surface area contributed by atoms with Gasteiger partial charge in [-0.25, -0.2) is 0 Å². The summed E-state index contributed by atoms with van der Waals surface area (Å²) in [6.45, 7) is 2.12. The first kappa shape index (κ1) is 29.8. The fourth-order valence-electron chi connectivity index (χ4n) is 3.72. The van der Waals surface area contributed by atoms with E-state index in [0.29, 0.717) is 34.9 Å². The molecule has 10 heteroatoms. The largest absolute Gasteiger partial charge is 0.497 e. The van der Waals surface area contributed by atoms with Crippen LogP contribution >= 0.6 is 63.4 Å². The number of methoxy groups -OCH3 is 1. The van der Waals surface area contributed by atoms with Gasteiger partial charge in [-0.05, 0) is 59.7 Å². The number of rotatable bonds is 11. The van der Waals surface area contributed by atoms with Crippen molar-refractivity contribution in [3.05, 3.63) is 105 Å². The van der Waals surface area contributed by atoms with Crippen LogP contribution in [0.4, 0.5) is 0 Å². The van der Waals surface area contributed by atoms with E-state index in [0.717, 1.165) is 22.6 Å². The highest BCUT2D eigenvalue weighted by Gasteiger charge is 2.29. The molecular weight excluding hydrogens is 622 g/mol. The van der Waals surface area contributed by atoms with Crippen molar-refractivity contribution >= 4 is 63.4 Å². The van der Waals surface area contributed by atoms with Crippen LogP contribution in [-0.2, 0) is 11.3 Å². The van der Waals surface area contributed by atoms with Gasteiger partial charge in [0.2, 0.25) is 0 Å². The lowest BCUT2D eigenvalue weighted by atomic mass is 10.1. The Hall–Kier alpha value is -1.80. The lowest BCUT2D eigenvalue weighted by molar-refractivity contribution is 0.00651. The highest BCUT2D eigenvalue weighted by molar-refractivity contribution is 8.93. The second kappa shape index (κ2) is 14.4. The molecule has 0 saturated carbocycles. The predicted octanol–water partition coefficient (Wildman–Crippen LogP) is 8.18. The van der Waals surface area contributed by atoms with Crippen molar-refractivity contribution in [1.29, 1.82) is 0 Å². The normalized spacial score (nSPS) is 14.3. The summed E-state index contributed by atoms with van der Waals surface area (Å²) in [5.74, 6) is 1.59. The summed E-state index contributed by atoms with van der Waals surface area (Å²) in [6, 6.07) is 20.4. The lowest BCUT2D eigenvalue weighted by Gasteiger charge is -2.31. The van der Waals surface area contributed by atoms with Crippen molar-refractivity contribution in [2.45, 2.75) is 18.2 Å². The molecule has 0 fully saturated rings. The zero-order chi connectivity index (χ0) is 25.5. The zero-order valence-electron chi connectivity index (χ0n) is 20.0. The van der Waals surface area contributed by atoms with Gasteiger partial charge in [0.15, 0.2) is 0 Å². The molecule has 198 valence electrons. The fourth-order valence-corrected chi connectivity index (χ4v) is 4.66. The van der Waals surface area contributed by atoms with Crippen LogP contribution in [0.2, 0.25) is 15.1 Å². The van der Waals surface area contributed by atoms with Gasteiger partial charge in [-0.2, -0.15) is 0 Å². The minimum absolute atomic E-state index is 0. The summed E-state index contributed by atoms with van der Waals surface area (Å²) >= 11 is 25.5. The molecule has 4 rings (SSSR count). The van der Waals surface area contributed by atoms with Crippen LogP contribution in [0.1, 0.15) is 17.2 Å². The zero-order valence-corrected chi connectivity index (χ0v) is 24.8. The quantitative estimate of drug-likeness (QED) is 0.155. The number of hydrogen-bond donors (Lipinski definition) is 0. The summed E-state index contributed by atoms with van der Waals surface area (Å²) in [6.07, 6.45) is 3.53. The first-order valence-corrected chi connectivity index (χ1v) is 12.9. The topological polar surface area (TPSA) is 34.2 Å². The van der Waals surface area contributed by atoms with Crippen LogP contribution in [0.3, 0.4) is 0 Å². The Morgan fingerprint density at radius 3 is 2.22 bits per heavy atom. The lowest BCUT2D eigenvalue weighted by Crippen LogP contribution is -2.36. The van der Waals surface area contributed by atoms with E-state index in [2.05, 4.69) is 4.90 Å². The van der Waals surface area contributed by atoms with Crippen molar-refractivity contribution in [3.63, 3.8) is 0 Å². The summed E-state index contributed by atoms with van der Waals surface area (Å²) in [4.78, 5) is 4.16. The Kier molecular flexibility index (Phi) is 11.6. The molecule has 0 spiro atoms. The van der Waals surface area contributed by atoms with Crippen LogP contribution in [0.5, 0.6) is 11.5 Å². The minimum Gasteiger partial charge on any atom is -0.497 e. The smallest absolute Gasteiger partial charge is 0.135 e. The number of alkyl halides is 1. The molecule has 1 aliphatic rings. The third-order valence-corrected chi connectivity index (χ3v) is 7.04. The first-order chi connectivity index (χ1) is 17.4. The molecule has 0 N–H and O–H groups in total. The van der Waals surface area contributed by atoms with Gasteiger partial charge in [0.05, 0.1) is 26.9 Å². The van der Waals surface area contributed by atoms with Crippen LogP contribution in [0.15, 0.2) is 79.1 Å². The first-order valence-electron chi connectivity index (χ1n) is 11.3. The third-order valence-electron chi connectivity index (χ3n) is 5.72. The van der Waals surface area contributed by atoms with Crippen molar-refractivity contribution in [2.24, 2.45) is 0 Å². The molecule has 0 radical (unpaired) electrons. The van der Waals surface area contributed by atoms with E-state index >= 15 is 0 Å². The molecule has 2 unspecified atom stereocenters. The monoisotopic (exact) mass is 646 g/mol. The Labute approximate surface area is 248 Å². The van der Waals surface area contributed by atoms with Crippen molar-refractivity contribution < 1.29 is 14.2 Å². The Morgan fingerprint density at radius 2 is 1.54 bits per heavy atom. The molecule has 0 amide bonds. The molecule has 0 saturated heterocycles. The van der Waals surface area contributed by atoms with Gasteiger partial charge in [-0.15, -0.1) is 17.0 Å². The molecule has 0 aromatic heterocycles. The summed E-state index contributed by atoms with van der Waals surface area (Å²) < 4.78 is 17.3. The maximum absolute atomic E-state index is 6.98. The van der Waals surface area contributed by atoms with Crippen LogP contribution in [0, 0.1) is 0 Å². The molecule has 2 atom stereocenters. The highest BCUT2D eigenvalue weighted by atomic mass is 79.9. The van der Waals surface area contributed by atoms with Gasteiger partial charge in [-0.1, -0.05) is 64.6 Å². The molecular formula is C27H27BrCl4N2O3. The number of hydrogen-bond acceptors (Lipinski definition) is 5. The number of halogens is 5. The average molecular weight is 649 g/mol. The van der Waals surface area contributed by atoms with Crippen molar-refractivity contribution in [3.8, 4) is 11.5 Å². The molecule has 1 heterocycles. The van der Waals surface area contributed by atoms with Gasteiger partial charge in [-0.3, -0.25) is 0 Å². The maximum atomic E-state index is 6.98. The number of nitrogens with zero attached hydrogens (tertiary/aromatic N) is 2. The molecule has 1 aliphatic heterocycles. The second-order valence-corrected chi connectivity index (χ2v) is 9.91. The Morgan fingerprint density at radius 1 is 0.865 bits per heavy atom. The Bertz CT molecular complexity index is 1170. The number of benzene rings is 3. The van der Waals surface area contributed by atoms with E-state index in [9.17, 15) is 0 Å². The van der Waals surface area contributed by atoms with Crippen LogP contribution < -0.4 is 9.47 Å². The highest BCUT2D eigenvalue weighted by Crippen LogP contribution is 2.33. The molecule has 0 aliphatic carbocycles. The van der Waals surface area contributed by atoms with Crippen molar-refractivity contribution in [1.82, 2.24) is 9.80 Å². The van der Waals surface area contributed by atoms with E-state index in [1.165, 1.54) is 0 Å². The molecule has 37 heavy (non-hydrogen) atoms. The van der Waals surface area contributed by atoms with Crippen LogP contribution in [-0.4, -0.2) is 42.2 Å². The molecule has 3 aromatic rings. The van der Waals surface area contributed by atoms with Crippen molar-refractivity contribution in [2.75, 3.05) is 26.9 Å². The average Bonchev–Trinajstić information content (AvgIpc) is 3.35. The Balaban J connectivity index is 0.00000380. The standard InChI is InChI=1S/C27H26Cl4N2O3.BrH/c1-34-23-8-10-24(11-9-23)35-15-14-32-12-13-33(18-32)27(31)26(19-2-5-21(28)6-3-19)36-17-20-4-7-22(29)16-25(20)30;/h2-13,16,26-27H,14-15,17-18H2,1H3;1H.